The lowest BCUT2D eigenvalue weighted by Crippen LogP contribution is -2.43. The van der Waals surface area contributed by atoms with E-state index in [1.807, 2.05) is 6.08 Å². The van der Waals surface area contributed by atoms with Crippen molar-refractivity contribution in [2.24, 2.45) is 5.41 Å². The Bertz CT molecular complexity index is 209. The highest BCUT2D eigenvalue weighted by Gasteiger charge is 2.32. The number of nitrogens with zero attached hydrogens (tertiary/aromatic N) is 1. The molecule has 0 radical (unpaired) electrons. The third kappa shape index (κ3) is 2.44. The van der Waals surface area contributed by atoms with Gasteiger partial charge in [0.2, 0.25) is 0 Å². The Labute approximate surface area is 83.1 Å². The van der Waals surface area contributed by atoms with Crippen molar-refractivity contribution >= 4 is 0 Å². The van der Waals surface area contributed by atoms with Crippen molar-refractivity contribution in [2.45, 2.75) is 33.2 Å². The smallest absolute Gasteiger partial charge is 0.0363 e. The minimum atomic E-state index is -0.00618. The lowest BCUT2D eigenvalue weighted by molar-refractivity contribution is 0.212. The predicted molar refractivity (Wildman–Crippen MR) is 60.9 cm³/mol. The molecule has 0 saturated carbocycles. The molecule has 0 amide bonds. The molecular formula is C12H23N. The summed E-state index contributed by atoms with van der Waals surface area (Å²) in [5, 5.41) is 0. The minimum absolute atomic E-state index is 0.00618. The Morgan fingerprint density at radius 2 is 1.54 bits per heavy atom. The van der Waals surface area contributed by atoms with Crippen LogP contribution in [0.2, 0.25) is 0 Å². The Kier molecular flexibility index (Phi) is 3.51. The van der Waals surface area contributed by atoms with Crippen molar-refractivity contribution < 1.29 is 0 Å². The van der Waals surface area contributed by atoms with Gasteiger partial charge in [-0.2, -0.15) is 0 Å². The van der Waals surface area contributed by atoms with Gasteiger partial charge in [-0.05, 0) is 33.5 Å². The average molecular weight is 181 g/mol. The molecule has 0 rings (SSSR count). The normalized spacial score (nSPS) is 13.2. The maximum atomic E-state index is 4.18. The summed E-state index contributed by atoms with van der Waals surface area (Å²) in [5.41, 5.74) is 1.20. The van der Waals surface area contributed by atoms with Gasteiger partial charge in [-0.25, -0.2) is 0 Å². The van der Waals surface area contributed by atoms with Crippen molar-refractivity contribution in [2.75, 3.05) is 14.1 Å². The van der Waals surface area contributed by atoms with Gasteiger partial charge < -0.3 is 4.90 Å². The summed E-state index contributed by atoms with van der Waals surface area (Å²) in [4.78, 5) is 2.18. The Morgan fingerprint density at radius 3 is 1.77 bits per heavy atom. The van der Waals surface area contributed by atoms with Crippen LogP contribution in [0.3, 0.4) is 0 Å². The first-order chi connectivity index (χ1) is 5.66. The molecule has 1 heteroatoms. The summed E-state index contributed by atoms with van der Waals surface area (Å²) in [7, 11) is 4.15. The maximum absolute atomic E-state index is 4.18. The van der Waals surface area contributed by atoms with E-state index in [1.165, 1.54) is 5.57 Å². The molecule has 13 heavy (non-hydrogen) atoms. The zero-order chi connectivity index (χ0) is 10.9. The summed E-state index contributed by atoms with van der Waals surface area (Å²) in [6, 6.07) is 0. The Morgan fingerprint density at radius 1 is 1.15 bits per heavy atom. The molecule has 0 bridgehead atoms. The minimum Gasteiger partial charge on any atom is -0.301 e. The molecule has 0 saturated heterocycles. The lowest BCUT2D eigenvalue weighted by Gasteiger charge is -2.41. The predicted octanol–water partition coefficient (Wildman–Crippen LogP) is 3.10. The van der Waals surface area contributed by atoms with Crippen LogP contribution >= 0.6 is 0 Å². The molecule has 0 heterocycles. The fourth-order valence-electron chi connectivity index (χ4n) is 1.18. The average Bonchev–Trinajstić information content (AvgIpc) is 2.02. The molecule has 0 fully saturated rings. The van der Waals surface area contributed by atoms with Gasteiger partial charge in [0, 0.05) is 11.0 Å². The molecule has 0 N–H and O–H groups in total. The van der Waals surface area contributed by atoms with Crippen molar-refractivity contribution in [3.8, 4) is 0 Å². The summed E-state index contributed by atoms with van der Waals surface area (Å²) in [6.45, 7) is 16.7. The maximum Gasteiger partial charge on any atom is 0.0363 e. The molecule has 0 aromatic carbocycles. The van der Waals surface area contributed by atoms with Crippen LogP contribution in [-0.4, -0.2) is 24.5 Å². The zero-order valence-corrected chi connectivity index (χ0v) is 9.94. The molecule has 76 valence electrons. The molecule has 0 aliphatic rings. The molecule has 0 aromatic heterocycles. The second-order valence-electron chi connectivity index (χ2n) is 4.86. The number of hydrogen-bond acceptors (Lipinski definition) is 1. The summed E-state index contributed by atoms with van der Waals surface area (Å²) in [5.74, 6) is 0. The van der Waals surface area contributed by atoms with E-state index in [0.717, 1.165) is 0 Å². The van der Waals surface area contributed by atoms with E-state index in [2.05, 4.69) is 59.8 Å². The highest BCUT2D eigenvalue weighted by Crippen LogP contribution is 2.36. The first-order valence-corrected chi connectivity index (χ1v) is 4.67. The third-order valence-electron chi connectivity index (χ3n) is 3.14. The SMILES string of the molecule is C=CC(C)(C)C(=C)C(C)(C)N(C)C. The van der Waals surface area contributed by atoms with E-state index in [0.29, 0.717) is 0 Å². The van der Waals surface area contributed by atoms with Crippen LogP contribution in [0.1, 0.15) is 27.7 Å². The number of hydrogen-bond donors (Lipinski definition) is 0. The summed E-state index contributed by atoms with van der Waals surface area (Å²) < 4.78 is 0. The van der Waals surface area contributed by atoms with E-state index in [4.69, 9.17) is 0 Å². The quantitative estimate of drug-likeness (QED) is 0.602. The number of rotatable bonds is 4. The van der Waals surface area contributed by atoms with Crippen LogP contribution in [0.5, 0.6) is 0 Å². The first kappa shape index (κ1) is 12.4. The number of allylic oxidation sites excluding steroid dienone is 1. The van der Waals surface area contributed by atoms with Gasteiger partial charge >= 0.3 is 0 Å². The topological polar surface area (TPSA) is 3.24 Å². The van der Waals surface area contributed by atoms with Crippen LogP contribution < -0.4 is 0 Å². The van der Waals surface area contributed by atoms with Gasteiger partial charge in [-0.3, -0.25) is 0 Å². The third-order valence-corrected chi connectivity index (χ3v) is 3.14. The van der Waals surface area contributed by atoms with E-state index in [9.17, 15) is 0 Å². The fraction of sp³-hybridized carbons (Fsp3) is 0.667. The van der Waals surface area contributed by atoms with Gasteiger partial charge in [0.15, 0.2) is 0 Å². The fourth-order valence-corrected chi connectivity index (χ4v) is 1.18. The second kappa shape index (κ2) is 3.67. The van der Waals surface area contributed by atoms with E-state index in [1.54, 1.807) is 0 Å². The van der Waals surface area contributed by atoms with Gasteiger partial charge in [-0.15, -0.1) is 6.58 Å². The molecule has 0 atom stereocenters. The molecule has 0 spiro atoms. The van der Waals surface area contributed by atoms with Crippen LogP contribution in [0.4, 0.5) is 0 Å². The van der Waals surface area contributed by atoms with Crippen LogP contribution in [0.15, 0.2) is 24.8 Å². The standard InChI is InChI=1S/C12H23N/c1-9-11(3,4)10(2)12(5,6)13(7)8/h9H,1-2H2,3-8H3. The highest BCUT2D eigenvalue weighted by atomic mass is 15.1. The Balaban J connectivity index is 4.89. The molecule has 0 unspecified atom stereocenters. The summed E-state index contributed by atoms with van der Waals surface area (Å²) in [6.07, 6.45) is 1.96. The summed E-state index contributed by atoms with van der Waals surface area (Å²) >= 11 is 0. The Hall–Kier alpha value is -0.560. The zero-order valence-electron chi connectivity index (χ0n) is 9.94. The lowest BCUT2D eigenvalue weighted by atomic mass is 9.75. The van der Waals surface area contributed by atoms with Gasteiger partial charge in [0.25, 0.3) is 0 Å². The van der Waals surface area contributed by atoms with E-state index < -0.39 is 0 Å². The molecule has 0 aromatic rings. The second-order valence-corrected chi connectivity index (χ2v) is 4.86. The molecule has 1 nitrogen and oxygen atoms in total. The van der Waals surface area contributed by atoms with Gasteiger partial charge in [-0.1, -0.05) is 26.5 Å². The van der Waals surface area contributed by atoms with E-state index >= 15 is 0 Å². The van der Waals surface area contributed by atoms with Crippen LogP contribution in [0, 0.1) is 5.41 Å². The van der Waals surface area contributed by atoms with Crippen molar-refractivity contribution in [3.05, 3.63) is 24.8 Å². The van der Waals surface area contributed by atoms with Gasteiger partial charge in [0.1, 0.15) is 0 Å². The number of likely N-dealkylation sites (N-methyl/N-ethyl adjacent to an activating group) is 1. The van der Waals surface area contributed by atoms with Crippen molar-refractivity contribution in [1.29, 1.82) is 0 Å². The molecular weight excluding hydrogens is 158 g/mol. The molecule has 0 aliphatic heterocycles. The van der Waals surface area contributed by atoms with Gasteiger partial charge in [0.05, 0.1) is 0 Å². The van der Waals surface area contributed by atoms with E-state index in [-0.39, 0.29) is 11.0 Å². The van der Waals surface area contributed by atoms with Crippen molar-refractivity contribution in [3.63, 3.8) is 0 Å². The van der Waals surface area contributed by atoms with Crippen molar-refractivity contribution in [1.82, 2.24) is 4.90 Å². The largest absolute Gasteiger partial charge is 0.301 e. The first-order valence-electron chi connectivity index (χ1n) is 4.67. The monoisotopic (exact) mass is 181 g/mol. The van der Waals surface area contributed by atoms with Crippen LogP contribution in [0.25, 0.3) is 0 Å². The molecule has 0 aliphatic carbocycles. The highest BCUT2D eigenvalue weighted by molar-refractivity contribution is 5.25. The van der Waals surface area contributed by atoms with Crippen LogP contribution in [-0.2, 0) is 0 Å².